The fourth-order valence-corrected chi connectivity index (χ4v) is 10.0. The summed E-state index contributed by atoms with van der Waals surface area (Å²) in [6, 6.07) is 71.2. The molecule has 0 atom stereocenters. The van der Waals surface area contributed by atoms with Crippen LogP contribution in [0.4, 0.5) is 17.1 Å². The minimum absolute atomic E-state index is 0.817. The molecule has 0 N–H and O–H groups in total. The molecule has 9 aromatic carbocycles. The van der Waals surface area contributed by atoms with Crippen molar-refractivity contribution in [3.63, 3.8) is 0 Å². The van der Waals surface area contributed by atoms with Gasteiger partial charge < -0.3 is 13.7 Å². The SMILES string of the molecule is c1ccc(-c2ccc(N(c3ccc(-c4cccc5c4sc4ccccc45)cc3)c3cccc4c3oc3c(-c5ccccc5)c5c(cc34)oc3ccccc35)cc2)cc1. The third-order valence-electron chi connectivity index (χ3n) is 11.5. The maximum atomic E-state index is 7.20. The summed E-state index contributed by atoms with van der Waals surface area (Å²) in [5.41, 5.74) is 13.3. The van der Waals surface area contributed by atoms with Crippen LogP contribution in [0.5, 0.6) is 0 Å². The van der Waals surface area contributed by atoms with Gasteiger partial charge in [-0.2, -0.15) is 0 Å². The van der Waals surface area contributed by atoms with Gasteiger partial charge in [0.2, 0.25) is 0 Å². The maximum Gasteiger partial charge on any atom is 0.159 e. The number of para-hydroxylation sites is 2. The van der Waals surface area contributed by atoms with E-state index in [-0.39, 0.29) is 0 Å². The van der Waals surface area contributed by atoms with Gasteiger partial charge in [-0.15, -0.1) is 11.3 Å². The van der Waals surface area contributed by atoms with E-state index in [9.17, 15) is 0 Å². The quantitative estimate of drug-likeness (QED) is 0.169. The van der Waals surface area contributed by atoms with Gasteiger partial charge in [0.1, 0.15) is 16.7 Å². The smallest absolute Gasteiger partial charge is 0.159 e. The lowest BCUT2D eigenvalue weighted by molar-refractivity contribution is 0.665. The second-order valence-corrected chi connectivity index (χ2v) is 15.8. The van der Waals surface area contributed by atoms with Crippen LogP contribution in [0.25, 0.3) is 97.4 Å². The lowest BCUT2D eigenvalue weighted by Gasteiger charge is -2.26. The molecule has 0 unspecified atom stereocenters. The van der Waals surface area contributed by atoms with Gasteiger partial charge in [0.15, 0.2) is 5.58 Å². The van der Waals surface area contributed by atoms with Crippen LogP contribution in [0.1, 0.15) is 0 Å². The number of rotatable bonds is 6. The van der Waals surface area contributed by atoms with Gasteiger partial charge in [-0.25, -0.2) is 0 Å². The van der Waals surface area contributed by atoms with Crippen molar-refractivity contribution in [2.45, 2.75) is 0 Å². The fourth-order valence-electron chi connectivity index (χ4n) is 8.80. The van der Waals surface area contributed by atoms with Gasteiger partial charge in [0.05, 0.1) is 5.69 Å². The first kappa shape index (κ1) is 32.8. The highest BCUT2D eigenvalue weighted by molar-refractivity contribution is 7.26. The zero-order valence-electron chi connectivity index (χ0n) is 31.2. The summed E-state index contributed by atoms with van der Waals surface area (Å²) in [6.45, 7) is 0. The Morgan fingerprint density at radius 2 is 0.983 bits per heavy atom. The van der Waals surface area contributed by atoms with Crippen molar-refractivity contribution in [1.29, 1.82) is 0 Å². The van der Waals surface area contributed by atoms with Gasteiger partial charge in [0, 0.05) is 58.7 Å². The molecule has 0 amide bonds. The van der Waals surface area contributed by atoms with E-state index in [4.69, 9.17) is 8.83 Å². The van der Waals surface area contributed by atoms with Crippen molar-refractivity contribution in [3.05, 3.63) is 200 Å². The number of benzene rings is 9. The number of hydrogen-bond acceptors (Lipinski definition) is 4. The summed E-state index contributed by atoms with van der Waals surface area (Å²) >= 11 is 1.86. The molecule has 3 nitrogen and oxygen atoms in total. The Bertz CT molecular complexity index is 3490. The first-order chi connectivity index (χ1) is 28.8. The van der Waals surface area contributed by atoms with Crippen LogP contribution in [-0.2, 0) is 0 Å². The van der Waals surface area contributed by atoms with Crippen molar-refractivity contribution >= 4 is 92.4 Å². The van der Waals surface area contributed by atoms with Crippen LogP contribution >= 0.6 is 11.3 Å². The summed E-state index contributed by atoms with van der Waals surface area (Å²) in [5, 5.41) is 6.80. The third-order valence-corrected chi connectivity index (χ3v) is 12.7. The van der Waals surface area contributed by atoms with Crippen LogP contribution in [0, 0.1) is 0 Å². The Balaban J connectivity index is 1.07. The molecule has 0 radical (unpaired) electrons. The summed E-state index contributed by atoms with van der Waals surface area (Å²) in [4.78, 5) is 2.32. The van der Waals surface area contributed by atoms with Gasteiger partial charge in [-0.1, -0.05) is 152 Å². The number of thiophene rings is 1. The highest BCUT2D eigenvalue weighted by Crippen LogP contribution is 2.49. The third kappa shape index (κ3) is 5.12. The van der Waals surface area contributed by atoms with Crippen molar-refractivity contribution in [2.24, 2.45) is 0 Å². The molecule has 0 aliphatic heterocycles. The van der Waals surface area contributed by atoms with E-state index in [2.05, 4.69) is 193 Å². The standard InChI is InChI=1S/C54H33NO2S/c1-3-13-34(14-4-1)35-25-29-38(30-26-35)55(39-31-27-36(28-32-39)40-19-11-21-43-41-17-8-10-24-49(41)58-54(40)43)46-22-12-20-42-45-33-48-51(44-18-7-9-23-47(44)56-48)50(53(45)57-52(42)46)37-15-5-2-6-16-37/h1-33H. The average Bonchev–Trinajstić information content (AvgIpc) is 3.98. The molecule has 12 aromatic rings. The van der Waals surface area contributed by atoms with Crippen LogP contribution in [0.2, 0.25) is 0 Å². The molecule has 3 aromatic heterocycles. The second-order valence-electron chi connectivity index (χ2n) is 14.8. The van der Waals surface area contributed by atoms with Crippen molar-refractivity contribution < 1.29 is 8.83 Å². The normalized spacial score (nSPS) is 11.8. The Morgan fingerprint density at radius 1 is 0.379 bits per heavy atom. The highest BCUT2D eigenvalue weighted by atomic mass is 32.1. The van der Waals surface area contributed by atoms with Gasteiger partial charge in [-0.3, -0.25) is 0 Å². The first-order valence-electron chi connectivity index (χ1n) is 19.6. The molecular formula is C54H33NO2S. The van der Waals surface area contributed by atoms with Crippen LogP contribution in [0.15, 0.2) is 209 Å². The molecule has 0 bridgehead atoms. The molecule has 0 fully saturated rings. The Labute approximate surface area is 338 Å². The summed E-state index contributed by atoms with van der Waals surface area (Å²) in [5.74, 6) is 0. The summed E-state index contributed by atoms with van der Waals surface area (Å²) in [6.07, 6.45) is 0. The number of furan rings is 2. The predicted molar refractivity (Wildman–Crippen MR) is 245 cm³/mol. The molecule has 3 heterocycles. The number of hydrogen-bond donors (Lipinski definition) is 0. The Kier molecular flexibility index (Phi) is 7.40. The molecular weight excluding hydrogens is 727 g/mol. The van der Waals surface area contributed by atoms with Crippen molar-refractivity contribution in [3.8, 4) is 33.4 Å². The lowest BCUT2D eigenvalue weighted by Crippen LogP contribution is -2.10. The van der Waals surface area contributed by atoms with E-state index in [0.717, 1.165) is 72.1 Å². The first-order valence-corrected chi connectivity index (χ1v) is 20.4. The molecule has 0 aliphatic rings. The monoisotopic (exact) mass is 759 g/mol. The van der Waals surface area contributed by atoms with E-state index in [1.165, 1.54) is 42.4 Å². The molecule has 58 heavy (non-hydrogen) atoms. The largest absolute Gasteiger partial charge is 0.456 e. The van der Waals surface area contributed by atoms with E-state index < -0.39 is 0 Å². The topological polar surface area (TPSA) is 29.5 Å². The Morgan fingerprint density at radius 3 is 1.76 bits per heavy atom. The van der Waals surface area contributed by atoms with Gasteiger partial charge >= 0.3 is 0 Å². The minimum atomic E-state index is 0.817. The number of nitrogens with zero attached hydrogens (tertiary/aromatic N) is 1. The predicted octanol–water partition coefficient (Wildman–Crippen LogP) is 16.3. The lowest BCUT2D eigenvalue weighted by atomic mass is 9.96. The summed E-state index contributed by atoms with van der Waals surface area (Å²) < 4.78 is 16.4. The molecule has 0 saturated carbocycles. The summed E-state index contributed by atoms with van der Waals surface area (Å²) in [7, 11) is 0. The minimum Gasteiger partial charge on any atom is -0.456 e. The van der Waals surface area contributed by atoms with E-state index in [1.54, 1.807) is 0 Å². The van der Waals surface area contributed by atoms with Crippen LogP contribution in [0.3, 0.4) is 0 Å². The van der Waals surface area contributed by atoms with Crippen molar-refractivity contribution in [1.82, 2.24) is 0 Å². The Hall–Kier alpha value is -7.40. The molecule has 272 valence electrons. The highest BCUT2D eigenvalue weighted by Gasteiger charge is 2.24. The van der Waals surface area contributed by atoms with E-state index in [0.29, 0.717) is 0 Å². The second kappa shape index (κ2) is 13.1. The molecule has 4 heteroatoms. The molecule has 0 saturated heterocycles. The number of anilines is 3. The maximum absolute atomic E-state index is 7.20. The zero-order valence-corrected chi connectivity index (χ0v) is 32.0. The van der Waals surface area contributed by atoms with Gasteiger partial charge in [-0.05, 0) is 76.3 Å². The molecule has 0 spiro atoms. The molecule has 12 rings (SSSR count). The number of fused-ring (bicyclic) bond motifs is 9. The fraction of sp³-hybridized carbons (Fsp3) is 0. The van der Waals surface area contributed by atoms with Crippen LogP contribution < -0.4 is 4.90 Å². The molecule has 0 aliphatic carbocycles. The van der Waals surface area contributed by atoms with E-state index in [1.807, 2.05) is 23.5 Å². The zero-order chi connectivity index (χ0) is 38.2. The van der Waals surface area contributed by atoms with Crippen LogP contribution in [-0.4, -0.2) is 0 Å². The van der Waals surface area contributed by atoms with Gasteiger partial charge in [0.25, 0.3) is 0 Å². The van der Waals surface area contributed by atoms with Crippen molar-refractivity contribution in [2.75, 3.05) is 4.90 Å². The van der Waals surface area contributed by atoms with E-state index >= 15 is 0 Å². The average molecular weight is 760 g/mol.